The van der Waals surface area contributed by atoms with Crippen molar-refractivity contribution in [2.24, 2.45) is 0 Å². The van der Waals surface area contributed by atoms with Gasteiger partial charge in [0.1, 0.15) is 0 Å². The van der Waals surface area contributed by atoms with Gasteiger partial charge >= 0.3 is 0 Å². The lowest BCUT2D eigenvalue weighted by atomic mass is 10.1. The highest BCUT2D eigenvalue weighted by atomic mass is 16.7. The van der Waals surface area contributed by atoms with Gasteiger partial charge in [-0.2, -0.15) is 0 Å². The maximum Gasteiger partial charge on any atom is 0.166 e. The van der Waals surface area contributed by atoms with Crippen molar-refractivity contribution in [2.45, 2.75) is 70.4 Å². The summed E-state index contributed by atoms with van der Waals surface area (Å²) < 4.78 is 22.3. The topological polar surface area (TPSA) is 36.9 Å². The van der Waals surface area contributed by atoms with E-state index in [1.54, 1.807) is 0 Å². The van der Waals surface area contributed by atoms with Crippen molar-refractivity contribution in [3.63, 3.8) is 0 Å². The van der Waals surface area contributed by atoms with Crippen LogP contribution in [0.15, 0.2) is 0 Å². The Balaban J connectivity index is 1.42. The number of ether oxygens (including phenoxy) is 4. The fourth-order valence-electron chi connectivity index (χ4n) is 2.54. The van der Waals surface area contributed by atoms with Crippen molar-refractivity contribution in [3.05, 3.63) is 0 Å². The van der Waals surface area contributed by atoms with Crippen LogP contribution >= 0.6 is 0 Å². The molecule has 0 spiro atoms. The van der Waals surface area contributed by atoms with Crippen LogP contribution in [0, 0.1) is 11.8 Å². The van der Waals surface area contributed by atoms with Gasteiger partial charge in [-0.25, -0.2) is 0 Å². The molecule has 2 rings (SSSR count). The predicted octanol–water partition coefficient (Wildman–Crippen LogP) is 3.25. The summed E-state index contributed by atoms with van der Waals surface area (Å²) in [7, 11) is 0. The SMILES string of the molecule is CC1(CCC#CCCCCO[C@@H]2CCCCO2)OCCO1. The fraction of sp³-hybridized carbons (Fsp3) is 0.882. The van der Waals surface area contributed by atoms with Gasteiger partial charge in [0.05, 0.1) is 13.2 Å². The molecule has 0 radical (unpaired) electrons. The van der Waals surface area contributed by atoms with Crippen LogP contribution in [0.3, 0.4) is 0 Å². The van der Waals surface area contributed by atoms with Crippen LogP contribution in [-0.4, -0.2) is 38.5 Å². The van der Waals surface area contributed by atoms with Crippen molar-refractivity contribution in [1.82, 2.24) is 0 Å². The largest absolute Gasteiger partial charge is 0.353 e. The van der Waals surface area contributed by atoms with Gasteiger partial charge in [-0.3, -0.25) is 0 Å². The van der Waals surface area contributed by atoms with Crippen LogP contribution in [0.1, 0.15) is 58.3 Å². The molecule has 0 aliphatic carbocycles. The summed E-state index contributed by atoms with van der Waals surface area (Å²) in [6.07, 6.45) is 8.24. The normalized spacial score (nSPS) is 24.5. The molecular formula is C17H28O4. The number of hydrogen-bond donors (Lipinski definition) is 0. The molecule has 21 heavy (non-hydrogen) atoms. The summed E-state index contributed by atoms with van der Waals surface area (Å²) in [6.45, 7) is 5.03. The third-order valence-electron chi connectivity index (χ3n) is 3.86. The van der Waals surface area contributed by atoms with E-state index in [2.05, 4.69) is 11.8 Å². The Morgan fingerprint density at radius 3 is 2.62 bits per heavy atom. The molecule has 2 saturated heterocycles. The lowest BCUT2D eigenvalue weighted by Gasteiger charge is -2.22. The van der Waals surface area contributed by atoms with E-state index in [4.69, 9.17) is 18.9 Å². The molecule has 0 aromatic rings. The van der Waals surface area contributed by atoms with Crippen LogP contribution in [0.4, 0.5) is 0 Å². The van der Waals surface area contributed by atoms with E-state index in [1.807, 2.05) is 6.92 Å². The summed E-state index contributed by atoms with van der Waals surface area (Å²) >= 11 is 0. The molecule has 120 valence electrons. The van der Waals surface area contributed by atoms with Gasteiger partial charge in [-0.05, 0) is 39.0 Å². The smallest absolute Gasteiger partial charge is 0.166 e. The Hall–Kier alpha value is -0.600. The van der Waals surface area contributed by atoms with Crippen molar-refractivity contribution in [1.29, 1.82) is 0 Å². The zero-order valence-electron chi connectivity index (χ0n) is 13.2. The van der Waals surface area contributed by atoms with Crippen LogP contribution in [0.25, 0.3) is 0 Å². The number of hydrogen-bond acceptors (Lipinski definition) is 4. The fourth-order valence-corrected chi connectivity index (χ4v) is 2.54. The maximum atomic E-state index is 5.69. The average molecular weight is 296 g/mol. The molecule has 4 nitrogen and oxygen atoms in total. The molecule has 0 bridgehead atoms. The highest BCUT2D eigenvalue weighted by Crippen LogP contribution is 2.23. The van der Waals surface area contributed by atoms with Gasteiger partial charge in [0.2, 0.25) is 0 Å². The highest BCUT2D eigenvalue weighted by Gasteiger charge is 2.29. The van der Waals surface area contributed by atoms with E-state index >= 15 is 0 Å². The first-order valence-corrected chi connectivity index (χ1v) is 8.25. The molecule has 2 aliphatic heterocycles. The van der Waals surface area contributed by atoms with Crippen LogP contribution in [0.2, 0.25) is 0 Å². The second-order valence-corrected chi connectivity index (χ2v) is 5.81. The van der Waals surface area contributed by atoms with Crippen molar-refractivity contribution >= 4 is 0 Å². The Labute approximate surface area is 128 Å². The van der Waals surface area contributed by atoms with E-state index in [0.29, 0.717) is 13.2 Å². The van der Waals surface area contributed by atoms with Crippen LogP contribution < -0.4 is 0 Å². The molecular weight excluding hydrogens is 268 g/mol. The molecule has 0 aromatic heterocycles. The summed E-state index contributed by atoms with van der Waals surface area (Å²) in [6, 6.07) is 0. The molecule has 1 atom stereocenters. The van der Waals surface area contributed by atoms with E-state index < -0.39 is 5.79 Å². The van der Waals surface area contributed by atoms with Gasteiger partial charge in [0.15, 0.2) is 12.1 Å². The van der Waals surface area contributed by atoms with Gasteiger partial charge in [-0.1, -0.05) is 0 Å². The molecule has 2 fully saturated rings. The maximum absolute atomic E-state index is 5.69. The molecule has 0 aromatic carbocycles. The van der Waals surface area contributed by atoms with Crippen molar-refractivity contribution in [2.75, 3.05) is 26.4 Å². The number of rotatable bonds is 7. The van der Waals surface area contributed by atoms with E-state index in [0.717, 1.165) is 51.7 Å². The average Bonchev–Trinajstić information content (AvgIpc) is 2.93. The minimum atomic E-state index is -0.400. The van der Waals surface area contributed by atoms with E-state index in [9.17, 15) is 0 Å². The van der Waals surface area contributed by atoms with Gasteiger partial charge in [-0.15, -0.1) is 11.8 Å². The van der Waals surface area contributed by atoms with Crippen molar-refractivity contribution < 1.29 is 18.9 Å². The summed E-state index contributed by atoms with van der Waals surface area (Å²) in [5.41, 5.74) is 0. The lowest BCUT2D eigenvalue weighted by molar-refractivity contribution is -0.162. The molecule has 0 unspecified atom stereocenters. The standard InChI is InChI=1S/C17H28O4/c1-17(20-14-15-21-17)11-7-4-2-3-5-8-12-18-16-10-6-9-13-19-16/h16H,3,5-15H2,1H3/t16-/m0/s1. The highest BCUT2D eigenvalue weighted by molar-refractivity contribution is 4.99. The van der Waals surface area contributed by atoms with E-state index in [1.165, 1.54) is 12.8 Å². The predicted molar refractivity (Wildman–Crippen MR) is 80.7 cm³/mol. The summed E-state index contributed by atoms with van der Waals surface area (Å²) in [5, 5.41) is 0. The summed E-state index contributed by atoms with van der Waals surface area (Å²) in [4.78, 5) is 0. The molecule has 2 heterocycles. The zero-order chi connectivity index (χ0) is 14.8. The minimum Gasteiger partial charge on any atom is -0.353 e. The second kappa shape index (κ2) is 9.42. The Bertz CT molecular complexity index is 332. The third-order valence-corrected chi connectivity index (χ3v) is 3.86. The quantitative estimate of drug-likeness (QED) is 0.534. The molecule has 0 N–H and O–H groups in total. The Morgan fingerprint density at radius 2 is 1.86 bits per heavy atom. The second-order valence-electron chi connectivity index (χ2n) is 5.81. The molecule has 4 heteroatoms. The first-order valence-electron chi connectivity index (χ1n) is 8.25. The number of unbranched alkanes of at least 4 members (excludes halogenated alkanes) is 2. The molecule has 0 amide bonds. The monoisotopic (exact) mass is 296 g/mol. The van der Waals surface area contributed by atoms with Crippen LogP contribution in [-0.2, 0) is 18.9 Å². The summed E-state index contributed by atoms with van der Waals surface area (Å²) in [5.74, 6) is 6.02. The molecule has 0 saturated carbocycles. The molecule has 2 aliphatic rings. The van der Waals surface area contributed by atoms with Gasteiger partial charge in [0, 0.05) is 32.5 Å². The minimum absolute atomic E-state index is 0.0389. The zero-order valence-corrected chi connectivity index (χ0v) is 13.2. The Morgan fingerprint density at radius 1 is 1.05 bits per heavy atom. The first-order chi connectivity index (χ1) is 10.3. The first kappa shape index (κ1) is 16.8. The lowest BCUT2D eigenvalue weighted by Crippen LogP contribution is -2.24. The van der Waals surface area contributed by atoms with Gasteiger partial charge < -0.3 is 18.9 Å². The van der Waals surface area contributed by atoms with Crippen molar-refractivity contribution in [3.8, 4) is 11.8 Å². The third kappa shape index (κ3) is 6.80. The van der Waals surface area contributed by atoms with Gasteiger partial charge in [0.25, 0.3) is 0 Å². The Kier molecular flexibility index (Phi) is 7.52. The van der Waals surface area contributed by atoms with E-state index in [-0.39, 0.29) is 6.29 Å². The van der Waals surface area contributed by atoms with Crippen LogP contribution in [0.5, 0.6) is 0 Å².